The van der Waals surface area contributed by atoms with Crippen LogP contribution in [0.3, 0.4) is 0 Å². The topological polar surface area (TPSA) is 79.8 Å². The number of aromatic nitrogens is 3. The fourth-order valence-corrected chi connectivity index (χ4v) is 3.36. The number of hydrogen-bond donors (Lipinski definition) is 2. The van der Waals surface area contributed by atoms with Gasteiger partial charge in [-0.2, -0.15) is 5.10 Å². The third-order valence-corrected chi connectivity index (χ3v) is 4.47. The molecule has 0 bridgehead atoms. The van der Waals surface area contributed by atoms with Gasteiger partial charge in [0.1, 0.15) is 0 Å². The van der Waals surface area contributed by atoms with E-state index in [0.29, 0.717) is 23.2 Å². The standard InChI is InChI=1S/C19H18N4O2/c1-12-17(18-15(21-12)7-3-8-16(18)24)19(25)22-13-5-2-6-14(11-13)23-10-4-9-20-23/h2,4-6,9-11,21H,3,7-8H2,1H3,(H,22,25). The zero-order chi connectivity index (χ0) is 17.4. The highest BCUT2D eigenvalue weighted by Crippen LogP contribution is 2.27. The van der Waals surface area contributed by atoms with Crippen LogP contribution >= 0.6 is 0 Å². The summed E-state index contributed by atoms with van der Waals surface area (Å²) in [6.07, 6.45) is 5.68. The van der Waals surface area contributed by atoms with Crippen LogP contribution in [0.1, 0.15) is 44.9 Å². The molecule has 0 unspecified atom stereocenters. The smallest absolute Gasteiger partial charge is 0.258 e. The number of amides is 1. The number of aromatic amines is 1. The number of fused-ring (bicyclic) bond motifs is 1. The van der Waals surface area contributed by atoms with Crippen LogP contribution < -0.4 is 5.32 Å². The Morgan fingerprint density at radius 1 is 1.28 bits per heavy atom. The molecule has 0 radical (unpaired) electrons. The Hall–Kier alpha value is -3.15. The lowest BCUT2D eigenvalue weighted by molar-refractivity contribution is 0.0956. The van der Waals surface area contributed by atoms with Crippen molar-refractivity contribution in [1.82, 2.24) is 14.8 Å². The van der Waals surface area contributed by atoms with Crippen molar-refractivity contribution >= 4 is 17.4 Å². The highest BCUT2D eigenvalue weighted by atomic mass is 16.2. The van der Waals surface area contributed by atoms with E-state index < -0.39 is 0 Å². The van der Waals surface area contributed by atoms with Gasteiger partial charge in [-0.1, -0.05) is 6.07 Å². The Bertz CT molecular complexity index is 954. The summed E-state index contributed by atoms with van der Waals surface area (Å²) in [6.45, 7) is 1.83. The molecule has 2 N–H and O–H groups in total. The van der Waals surface area contributed by atoms with E-state index in [9.17, 15) is 9.59 Å². The Balaban J connectivity index is 1.65. The minimum absolute atomic E-state index is 0.0426. The van der Waals surface area contributed by atoms with Gasteiger partial charge in [0.05, 0.1) is 16.8 Å². The van der Waals surface area contributed by atoms with Crippen LogP contribution in [0, 0.1) is 6.92 Å². The summed E-state index contributed by atoms with van der Waals surface area (Å²) in [4.78, 5) is 28.3. The number of Topliss-reactive ketones (excluding diaryl/α,β-unsaturated/α-hetero) is 1. The predicted octanol–water partition coefficient (Wildman–Crippen LogP) is 3.28. The fraction of sp³-hybridized carbons (Fsp3) is 0.211. The molecule has 1 aromatic carbocycles. The quantitative estimate of drug-likeness (QED) is 0.771. The van der Waals surface area contributed by atoms with E-state index in [1.54, 1.807) is 10.9 Å². The molecule has 0 saturated carbocycles. The molecule has 1 amide bonds. The van der Waals surface area contributed by atoms with E-state index in [1.165, 1.54) is 0 Å². The largest absolute Gasteiger partial charge is 0.361 e. The van der Waals surface area contributed by atoms with E-state index in [-0.39, 0.29) is 11.7 Å². The Labute approximate surface area is 144 Å². The average molecular weight is 334 g/mol. The molecule has 3 aromatic rings. The first kappa shape index (κ1) is 15.4. The van der Waals surface area contributed by atoms with Crippen LogP contribution in [-0.2, 0) is 6.42 Å². The average Bonchev–Trinajstić information content (AvgIpc) is 3.23. The van der Waals surface area contributed by atoms with E-state index in [0.717, 1.165) is 29.9 Å². The normalized spacial score (nSPS) is 13.6. The van der Waals surface area contributed by atoms with Gasteiger partial charge in [-0.3, -0.25) is 9.59 Å². The minimum atomic E-state index is -0.261. The zero-order valence-corrected chi connectivity index (χ0v) is 13.9. The third kappa shape index (κ3) is 2.76. The maximum absolute atomic E-state index is 12.8. The summed E-state index contributed by atoms with van der Waals surface area (Å²) in [5, 5.41) is 7.10. The lowest BCUT2D eigenvalue weighted by Crippen LogP contribution is -2.18. The molecule has 2 aromatic heterocycles. The van der Waals surface area contributed by atoms with Crippen molar-refractivity contribution in [3.05, 3.63) is 65.2 Å². The fourth-order valence-electron chi connectivity index (χ4n) is 3.36. The Morgan fingerprint density at radius 2 is 2.16 bits per heavy atom. The molecule has 0 fully saturated rings. The van der Waals surface area contributed by atoms with Crippen molar-refractivity contribution < 1.29 is 9.59 Å². The van der Waals surface area contributed by atoms with Crippen molar-refractivity contribution in [1.29, 1.82) is 0 Å². The summed E-state index contributed by atoms with van der Waals surface area (Å²) < 4.78 is 1.72. The summed E-state index contributed by atoms with van der Waals surface area (Å²) in [6, 6.07) is 9.28. The second kappa shape index (κ2) is 6.05. The molecule has 1 aliphatic rings. The first-order chi connectivity index (χ1) is 12.1. The first-order valence-corrected chi connectivity index (χ1v) is 8.29. The molecular weight excluding hydrogens is 316 g/mol. The number of benzene rings is 1. The van der Waals surface area contributed by atoms with Crippen molar-refractivity contribution in [2.75, 3.05) is 5.32 Å². The molecule has 0 saturated heterocycles. The predicted molar refractivity (Wildman–Crippen MR) is 94.3 cm³/mol. The van der Waals surface area contributed by atoms with E-state index in [1.807, 2.05) is 43.5 Å². The molecule has 25 heavy (non-hydrogen) atoms. The zero-order valence-electron chi connectivity index (χ0n) is 13.9. The molecule has 126 valence electrons. The van der Waals surface area contributed by atoms with Gasteiger partial charge in [0.25, 0.3) is 5.91 Å². The number of hydrogen-bond acceptors (Lipinski definition) is 3. The lowest BCUT2D eigenvalue weighted by atomic mass is 9.93. The van der Waals surface area contributed by atoms with Gasteiger partial charge in [0, 0.05) is 35.9 Å². The molecule has 4 rings (SSSR count). The number of carbonyl (C=O) groups excluding carboxylic acids is 2. The van der Waals surface area contributed by atoms with Crippen molar-refractivity contribution in [3.8, 4) is 5.69 Å². The monoisotopic (exact) mass is 334 g/mol. The Morgan fingerprint density at radius 3 is 2.96 bits per heavy atom. The number of aryl methyl sites for hydroxylation is 2. The molecule has 0 spiro atoms. The lowest BCUT2D eigenvalue weighted by Gasteiger charge is -2.12. The maximum atomic E-state index is 12.8. The third-order valence-electron chi connectivity index (χ3n) is 4.47. The van der Waals surface area contributed by atoms with Gasteiger partial charge in [0.15, 0.2) is 5.78 Å². The van der Waals surface area contributed by atoms with Crippen LogP contribution in [0.15, 0.2) is 42.7 Å². The van der Waals surface area contributed by atoms with E-state index in [2.05, 4.69) is 15.4 Å². The van der Waals surface area contributed by atoms with Crippen molar-refractivity contribution in [3.63, 3.8) is 0 Å². The van der Waals surface area contributed by atoms with Crippen molar-refractivity contribution in [2.24, 2.45) is 0 Å². The number of H-pyrrole nitrogens is 1. The minimum Gasteiger partial charge on any atom is -0.361 e. The van der Waals surface area contributed by atoms with Gasteiger partial charge in [-0.15, -0.1) is 0 Å². The van der Waals surface area contributed by atoms with Crippen LogP contribution in [0.5, 0.6) is 0 Å². The van der Waals surface area contributed by atoms with Crippen LogP contribution in [0.4, 0.5) is 5.69 Å². The summed E-state index contributed by atoms with van der Waals surface area (Å²) in [7, 11) is 0. The van der Waals surface area contributed by atoms with Crippen LogP contribution in [0.25, 0.3) is 5.69 Å². The van der Waals surface area contributed by atoms with Gasteiger partial charge >= 0.3 is 0 Å². The van der Waals surface area contributed by atoms with Crippen molar-refractivity contribution in [2.45, 2.75) is 26.2 Å². The molecule has 1 aliphatic carbocycles. The number of rotatable bonds is 3. The molecule has 6 heteroatoms. The second-order valence-electron chi connectivity index (χ2n) is 6.21. The van der Waals surface area contributed by atoms with Gasteiger partial charge < -0.3 is 10.3 Å². The van der Waals surface area contributed by atoms with Crippen LogP contribution in [0.2, 0.25) is 0 Å². The summed E-state index contributed by atoms with van der Waals surface area (Å²) in [5.74, 6) is -0.219. The molecule has 0 aliphatic heterocycles. The molecule has 2 heterocycles. The maximum Gasteiger partial charge on any atom is 0.258 e. The van der Waals surface area contributed by atoms with Crippen LogP contribution in [-0.4, -0.2) is 26.5 Å². The van der Waals surface area contributed by atoms with Gasteiger partial charge in [0.2, 0.25) is 0 Å². The number of nitrogens with zero attached hydrogens (tertiary/aromatic N) is 2. The SMILES string of the molecule is Cc1[nH]c2c(c1C(=O)Nc1cccc(-n3cccn3)c1)C(=O)CCC2. The summed E-state index contributed by atoms with van der Waals surface area (Å²) in [5.41, 5.74) is 4.15. The Kier molecular flexibility index (Phi) is 3.72. The number of ketones is 1. The summed E-state index contributed by atoms with van der Waals surface area (Å²) >= 11 is 0. The highest BCUT2D eigenvalue weighted by molar-refractivity contribution is 6.14. The number of carbonyl (C=O) groups is 2. The molecule has 0 atom stereocenters. The van der Waals surface area contributed by atoms with E-state index >= 15 is 0 Å². The highest BCUT2D eigenvalue weighted by Gasteiger charge is 2.28. The molecule has 6 nitrogen and oxygen atoms in total. The van der Waals surface area contributed by atoms with E-state index in [4.69, 9.17) is 0 Å². The number of nitrogens with one attached hydrogen (secondary N) is 2. The number of anilines is 1. The van der Waals surface area contributed by atoms with Gasteiger partial charge in [-0.05, 0) is 44.0 Å². The molecular formula is C19H18N4O2. The first-order valence-electron chi connectivity index (χ1n) is 8.29. The van der Waals surface area contributed by atoms with Gasteiger partial charge in [-0.25, -0.2) is 4.68 Å². The second-order valence-corrected chi connectivity index (χ2v) is 6.21.